The van der Waals surface area contributed by atoms with Crippen molar-refractivity contribution in [3.63, 3.8) is 0 Å². The number of nitrogens with one attached hydrogen (secondary N) is 1. The van der Waals surface area contributed by atoms with Gasteiger partial charge in [-0.05, 0) is 49.5 Å². The van der Waals surface area contributed by atoms with Crippen molar-refractivity contribution < 1.29 is 28.5 Å². The third-order valence-corrected chi connectivity index (χ3v) is 5.24. The van der Waals surface area contributed by atoms with E-state index in [1.165, 1.54) is 13.2 Å². The third kappa shape index (κ3) is 5.81. The van der Waals surface area contributed by atoms with Crippen LogP contribution in [0.1, 0.15) is 31.2 Å². The Morgan fingerprint density at radius 2 is 1.53 bits per heavy atom. The lowest BCUT2D eigenvalue weighted by molar-refractivity contribution is -0.117. The fraction of sp³-hybridized carbons (Fsp3) is 0.435. The zero-order valence-corrected chi connectivity index (χ0v) is 18.8. The van der Waals surface area contributed by atoms with Crippen LogP contribution in [0.15, 0.2) is 30.6 Å². The van der Waals surface area contributed by atoms with Gasteiger partial charge in [-0.3, -0.25) is 4.79 Å². The lowest BCUT2D eigenvalue weighted by Gasteiger charge is -2.29. The number of methoxy groups -OCH3 is 4. The smallest absolute Gasteiger partial charge is 0.278 e. The molecule has 1 aliphatic carbocycles. The van der Waals surface area contributed by atoms with Gasteiger partial charge in [0.05, 0.1) is 28.4 Å². The van der Waals surface area contributed by atoms with E-state index in [2.05, 4.69) is 15.3 Å². The van der Waals surface area contributed by atoms with Gasteiger partial charge in [0, 0.05) is 24.5 Å². The first-order valence-electron chi connectivity index (χ1n) is 10.4. The fourth-order valence-corrected chi connectivity index (χ4v) is 3.64. The van der Waals surface area contributed by atoms with Gasteiger partial charge in [-0.15, -0.1) is 0 Å². The van der Waals surface area contributed by atoms with Crippen LogP contribution in [0.4, 0.5) is 0 Å². The van der Waals surface area contributed by atoms with Crippen LogP contribution in [0.3, 0.4) is 0 Å². The van der Waals surface area contributed by atoms with Crippen LogP contribution < -0.4 is 29.0 Å². The number of rotatable bonds is 9. The van der Waals surface area contributed by atoms with E-state index in [0.29, 0.717) is 29.0 Å². The van der Waals surface area contributed by atoms with Gasteiger partial charge in [0.2, 0.25) is 11.7 Å². The molecule has 3 rings (SSSR count). The Labute approximate surface area is 187 Å². The van der Waals surface area contributed by atoms with E-state index in [1.54, 1.807) is 51.9 Å². The van der Waals surface area contributed by atoms with Gasteiger partial charge in [-0.2, -0.15) is 0 Å². The lowest BCUT2D eigenvalue weighted by Crippen LogP contribution is -2.39. The van der Waals surface area contributed by atoms with E-state index in [-0.39, 0.29) is 18.1 Å². The highest BCUT2D eigenvalue weighted by Gasteiger charge is 2.24. The normalized spacial score (nSPS) is 18.1. The first-order valence-corrected chi connectivity index (χ1v) is 10.4. The molecule has 9 nitrogen and oxygen atoms in total. The van der Waals surface area contributed by atoms with E-state index in [9.17, 15) is 4.79 Å². The number of carbonyl (C=O) groups excluding carboxylic acids is 1. The Morgan fingerprint density at radius 1 is 0.906 bits per heavy atom. The fourth-order valence-electron chi connectivity index (χ4n) is 3.64. The standard InChI is InChI=1S/C23H29N3O6/c1-28-18-13-15(14-19(29-2)21(18)30-3)5-10-20(27)26-16-6-8-17(9-7-16)32-23-22(31-4)24-11-12-25-23/h5,10-14,16-17H,6-9H2,1-4H3,(H,26,27)/b10-5+. The zero-order valence-electron chi connectivity index (χ0n) is 18.8. The summed E-state index contributed by atoms with van der Waals surface area (Å²) in [6.45, 7) is 0. The van der Waals surface area contributed by atoms with Crippen LogP contribution in [-0.2, 0) is 4.79 Å². The summed E-state index contributed by atoms with van der Waals surface area (Å²) < 4.78 is 27.1. The predicted octanol–water partition coefficient (Wildman–Crippen LogP) is 3.03. The number of benzene rings is 1. The van der Waals surface area contributed by atoms with Gasteiger partial charge in [0.15, 0.2) is 11.5 Å². The van der Waals surface area contributed by atoms with E-state index in [0.717, 1.165) is 31.2 Å². The van der Waals surface area contributed by atoms with E-state index >= 15 is 0 Å². The highest BCUT2D eigenvalue weighted by molar-refractivity contribution is 5.92. The minimum atomic E-state index is -0.154. The van der Waals surface area contributed by atoms with Gasteiger partial charge in [-0.25, -0.2) is 9.97 Å². The van der Waals surface area contributed by atoms with Crippen LogP contribution in [-0.4, -0.2) is 56.5 Å². The Hall–Kier alpha value is -3.49. The average Bonchev–Trinajstić information content (AvgIpc) is 2.83. The maximum absolute atomic E-state index is 12.4. The summed E-state index contributed by atoms with van der Waals surface area (Å²) >= 11 is 0. The summed E-state index contributed by atoms with van der Waals surface area (Å²) in [6, 6.07) is 3.67. The molecule has 0 atom stereocenters. The number of aromatic nitrogens is 2. The molecule has 2 aromatic rings. The first-order chi connectivity index (χ1) is 15.6. The van der Waals surface area contributed by atoms with E-state index < -0.39 is 0 Å². The number of carbonyl (C=O) groups is 1. The zero-order chi connectivity index (χ0) is 22.9. The second-order valence-corrected chi connectivity index (χ2v) is 7.26. The molecule has 1 amide bonds. The molecule has 0 bridgehead atoms. The monoisotopic (exact) mass is 443 g/mol. The molecule has 0 radical (unpaired) electrons. The van der Waals surface area contributed by atoms with Crippen LogP contribution in [0.2, 0.25) is 0 Å². The number of amides is 1. The summed E-state index contributed by atoms with van der Waals surface area (Å²) in [7, 11) is 6.19. The molecule has 1 saturated carbocycles. The highest BCUT2D eigenvalue weighted by atomic mass is 16.5. The van der Waals surface area contributed by atoms with Crippen molar-refractivity contribution in [2.45, 2.75) is 37.8 Å². The highest BCUT2D eigenvalue weighted by Crippen LogP contribution is 2.38. The van der Waals surface area contributed by atoms with E-state index in [4.69, 9.17) is 23.7 Å². The molecule has 32 heavy (non-hydrogen) atoms. The molecule has 1 N–H and O–H groups in total. The number of hydrogen-bond acceptors (Lipinski definition) is 8. The molecule has 172 valence electrons. The van der Waals surface area contributed by atoms with Crippen LogP contribution >= 0.6 is 0 Å². The molecule has 1 aromatic heterocycles. The molecular weight excluding hydrogens is 414 g/mol. The van der Waals surface area contributed by atoms with Gasteiger partial charge >= 0.3 is 0 Å². The predicted molar refractivity (Wildman–Crippen MR) is 119 cm³/mol. The van der Waals surface area contributed by atoms with Gasteiger partial charge in [0.1, 0.15) is 6.10 Å². The van der Waals surface area contributed by atoms with Crippen molar-refractivity contribution in [3.05, 3.63) is 36.2 Å². The van der Waals surface area contributed by atoms with Crippen molar-refractivity contribution in [2.24, 2.45) is 0 Å². The maximum Gasteiger partial charge on any atom is 0.278 e. The molecule has 9 heteroatoms. The van der Waals surface area contributed by atoms with Crippen LogP contribution in [0.5, 0.6) is 29.0 Å². The second kappa shape index (κ2) is 11.2. The Balaban J connectivity index is 1.52. The van der Waals surface area contributed by atoms with Gasteiger partial charge in [0.25, 0.3) is 11.8 Å². The first kappa shape index (κ1) is 23.2. The van der Waals surface area contributed by atoms with Gasteiger partial charge < -0.3 is 29.0 Å². The van der Waals surface area contributed by atoms with Crippen LogP contribution in [0.25, 0.3) is 6.08 Å². The molecule has 1 fully saturated rings. The number of hydrogen-bond donors (Lipinski definition) is 1. The quantitative estimate of drug-likeness (QED) is 0.590. The Morgan fingerprint density at radius 3 is 2.09 bits per heavy atom. The maximum atomic E-state index is 12.4. The summed E-state index contributed by atoms with van der Waals surface area (Å²) in [5, 5.41) is 3.05. The minimum absolute atomic E-state index is 0.0172. The largest absolute Gasteiger partial charge is 0.493 e. The topological polar surface area (TPSA) is 101 Å². The molecule has 1 heterocycles. The summed E-state index contributed by atoms with van der Waals surface area (Å²) in [5.41, 5.74) is 0.768. The molecule has 0 spiro atoms. The van der Waals surface area contributed by atoms with Crippen LogP contribution in [0, 0.1) is 0 Å². The van der Waals surface area contributed by atoms with Crippen molar-refractivity contribution in [1.82, 2.24) is 15.3 Å². The van der Waals surface area contributed by atoms with Crippen molar-refractivity contribution >= 4 is 12.0 Å². The molecule has 0 aliphatic heterocycles. The van der Waals surface area contributed by atoms with Crippen molar-refractivity contribution in [3.8, 4) is 29.0 Å². The lowest BCUT2D eigenvalue weighted by atomic mass is 9.93. The van der Waals surface area contributed by atoms with Gasteiger partial charge in [-0.1, -0.05) is 0 Å². The number of ether oxygens (including phenoxy) is 5. The second-order valence-electron chi connectivity index (χ2n) is 7.26. The minimum Gasteiger partial charge on any atom is -0.493 e. The van der Waals surface area contributed by atoms with Crippen molar-refractivity contribution in [1.29, 1.82) is 0 Å². The SMILES string of the molecule is COc1cc(/C=C/C(=O)NC2CCC(Oc3nccnc3OC)CC2)cc(OC)c1OC. The van der Waals surface area contributed by atoms with E-state index in [1.807, 2.05) is 0 Å². The third-order valence-electron chi connectivity index (χ3n) is 5.24. The summed E-state index contributed by atoms with van der Waals surface area (Å²) in [5.74, 6) is 2.19. The number of nitrogens with zero attached hydrogens (tertiary/aromatic N) is 2. The molecule has 0 unspecified atom stereocenters. The summed E-state index contributed by atoms with van der Waals surface area (Å²) in [6.07, 6.45) is 9.62. The molecular formula is C23H29N3O6. The van der Waals surface area contributed by atoms with Crippen molar-refractivity contribution in [2.75, 3.05) is 28.4 Å². The Bertz CT molecular complexity index is 916. The molecule has 1 aromatic carbocycles. The molecule has 0 saturated heterocycles. The Kier molecular flexibility index (Phi) is 8.13. The molecule has 1 aliphatic rings. The average molecular weight is 444 g/mol. The summed E-state index contributed by atoms with van der Waals surface area (Å²) in [4.78, 5) is 20.7.